The fraction of sp³-hybridized carbons (Fsp3) is 0.455. The molecule has 108 valence electrons. The molecular formula is C11H14O2Y12-2. The predicted molar refractivity (Wildman–Crippen MR) is 50.6 cm³/mol. The van der Waals surface area contributed by atoms with Crippen LogP contribution in [-0.2, 0) is 397 Å². The second-order valence-electron chi connectivity index (χ2n) is 3.17. The zero-order chi connectivity index (χ0) is 9.84. The Morgan fingerprint density at radius 2 is 1.36 bits per heavy atom. The zero-order valence-electron chi connectivity index (χ0n) is 14.7. The molecule has 2 unspecified atom stereocenters. The molecule has 14 heteroatoms. The van der Waals surface area contributed by atoms with Gasteiger partial charge in [0.05, 0.1) is 0 Å². The Kier molecular flexibility index (Phi) is 162. The molecule has 1 N–H and O–H groups in total. The van der Waals surface area contributed by atoms with Gasteiger partial charge < -0.3 is 18.1 Å². The number of allylic oxidation sites excluding steroid dienone is 3. The number of aliphatic hydroxyl groups is 1. The van der Waals surface area contributed by atoms with E-state index in [9.17, 15) is 9.90 Å². The van der Waals surface area contributed by atoms with Crippen LogP contribution in [0.2, 0.25) is 0 Å². The van der Waals surface area contributed by atoms with E-state index < -0.39 is 12.0 Å². The van der Waals surface area contributed by atoms with E-state index in [1.807, 2.05) is 6.92 Å². The van der Waals surface area contributed by atoms with Gasteiger partial charge in [-0.2, -0.15) is 6.42 Å². The molecule has 1 aliphatic carbocycles. The summed E-state index contributed by atoms with van der Waals surface area (Å²) in [4.78, 5) is 11.3. The summed E-state index contributed by atoms with van der Waals surface area (Å²) in [5, 5.41) is 9.60. The molecule has 2 nitrogen and oxygen atoms in total. The molecule has 12 radical (unpaired) electrons. The number of carbonyl (C=O) groups is 1. The number of hydrogen-bond donors (Lipinski definition) is 1. The fourth-order valence-corrected chi connectivity index (χ4v) is 1.42. The number of rotatable bonds is 3. The number of hydrogen-bond acceptors (Lipinski definition) is 2. The molecule has 0 saturated heterocycles. The van der Waals surface area contributed by atoms with Crippen LogP contribution in [0, 0.1) is 24.8 Å². The van der Waals surface area contributed by atoms with Crippen LogP contribution in [0.4, 0.5) is 0 Å². The second kappa shape index (κ2) is 52.7. The van der Waals surface area contributed by atoms with Crippen LogP contribution < -0.4 is 0 Å². The van der Waals surface area contributed by atoms with E-state index in [-0.39, 0.29) is 404 Å². The van der Waals surface area contributed by atoms with E-state index in [1.165, 1.54) is 6.08 Å². The minimum Gasteiger partial charge on any atom is -0.498 e. The Hall–Kier alpha value is 12.4. The molecular weight excluding hydrogens is 1230 g/mol. The molecule has 0 aromatic carbocycles. The van der Waals surface area contributed by atoms with Crippen LogP contribution >= 0.6 is 0 Å². The molecule has 0 aliphatic heterocycles. The van der Waals surface area contributed by atoms with Gasteiger partial charge in [0.25, 0.3) is 0 Å². The first kappa shape index (κ1) is 76.8. The smallest absolute Gasteiger partial charge is 0.159 e. The van der Waals surface area contributed by atoms with Crippen molar-refractivity contribution in [1.29, 1.82) is 0 Å². The molecule has 0 amide bonds. The van der Waals surface area contributed by atoms with Crippen molar-refractivity contribution in [3.05, 3.63) is 31.2 Å². The number of ketones is 1. The van der Waals surface area contributed by atoms with Crippen LogP contribution in [-0.4, -0.2) is 17.0 Å². The molecule has 0 heterocycles. The first-order valence-corrected chi connectivity index (χ1v) is 4.46. The summed E-state index contributed by atoms with van der Waals surface area (Å²) in [5.74, 6) is -0.557. The van der Waals surface area contributed by atoms with Gasteiger partial charge in [-0.1, -0.05) is 6.92 Å². The van der Waals surface area contributed by atoms with Crippen molar-refractivity contribution in [2.24, 2.45) is 11.8 Å². The van der Waals surface area contributed by atoms with E-state index in [0.717, 1.165) is 6.42 Å². The summed E-state index contributed by atoms with van der Waals surface area (Å²) in [5.41, 5.74) is 0. The van der Waals surface area contributed by atoms with Gasteiger partial charge in [-0.25, -0.2) is 6.08 Å². The molecule has 1 rings (SSSR count). The predicted octanol–water partition coefficient (Wildman–Crippen LogP) is 1.29. The first-order chi connectivity index (χ1) is 6.16. The average Bonchev–Trinajstić information content (AvgIpc) is 2.42. The third-order valence-electron chi connectivity index (χ3n) is 2.16. The van der Waals surface area contributed by atoms with Crippen molar-refractivity contribution in [1.82, 2.24) is 0 Å². The van der Waals surface area contributed by atoms with Gasteiger partial charge in [-0.3, -0.25) is 4.79 Å². The largest absolute Gasteiger partial charge is 0.498 e. The van der Waals surface area contributed by atoms with Crippen LogP contribution in [0.25, 0.3) is 0 Å². The summed E-state index contributed by atoms with van der Waals surface area (Å²) in [6, 6.07) is 0. The maximum atomic E-state index is 11.3. The van der Waals surface area contributed by atoms with Crippen LogP contribution in [0.15, 0.2) is 18.2 Å². The Labute approximate surface area is 456 Å². The quantitative estimate of drug-likeness (QED) is 0.434. The maximum Gasteiger partial charge on any atom is 0.159 e. The molecule has 0 saturated carbocycles. The average molecular weight is 1250 g/mol. The van der Waals surface area contributed by atoms with E-state index >= 15 is 0 Å². The molecule has 0 aromatic heterocycles. The van der Waals surface area contributed by atoms with Gasteiger partial charge in [-0.05, 0) is 6.08 Å². The van der Waals surface area contributed by atoms with Gasteiger partial charge in [0.2, 0.25) is 0 Å². The molecule has 0 spiro atoms. The van der Waals surface area contributed by atoms with Gasteiger partial charge >= 0.3 is 0 Å². The van der Waals surface area contributed by atoms with E-state index in [4.69, 9.17) is 0 Å². The standard InChI is InChI=1S/C11H14O2.12Y/c1-3-4-5-9(12)11-8(2)6-7-10(11)13;;;;;;;;;;;;/h5-9,11-12H,2-3H2,1H3;;;;;;;;;;;;/q-2;;;;;;;;;;;;/t8-,9?,11?;;;;;;;;;;;;/m0............/s1. The Bertz CT molecular complexity index is 265. The normalized spacial score (nSPS) is 15.7. The summed E-state index contributed by atoms with van der Waals surface area (Å²) >= 11 is 0. The molecule has 0 aromatic rings. The van der Waals surface area contributed by atoms with E-state index in [1.54, 1.807) is 12.2 Å². The fourth-order valence-electron chi connectivity index (χ4n) is 1.42. The van der Waals surface area contributed by atoms with Crippen LogP contribution in [0.1, 0.15) is 13.3 Å². The Morgan fingerprint density at radius 1 is 1.00 bits per heavy atom. The van der Waals surface area contributed by atoms with Crippen LogP contribution in [0.5, 0.6) is 0 Å². The van der Waals surface area contributed by atoms with Crippen molar-refractivity contribution >= 4 is 5.78 Å². The van der Waals surface area contributed by atoms with Crippen LogP contribution in [0.3, 0.4) is 0 Å². The van der Waals surface area contributed by atoms with Gasteiger partial charge in [-0.15, -0.1) is 12.0 Å². The molecule has 25 heavy (non-hydrogen) atoms. The van der Waals surface area contributed by atoms with E-state index in [0.29, 0.717) is 0 Å². The molecule has 1 aliphatic rings. The zero-order valence-corrected chi connectivity index (χ0v) is 48.7. The number of carbonyl (C=O) groups excluding carboxylic acids is 1. The van der Waals surface area contributed by atoms with Crippen molar-refractivity contribution in [2.45, 2.75) is 19.4 Å². The maximum absolute atomic E-state index is 11.3. The topological polar surface area (TPSA) is 37.3 Å². The van der Waals surface area contributed by atoms with Crippen molar-refractivity contribution in [2.75, 3.05) is 0 Å². The first-order valence-electron chi connectivity index (χ1n) is 4.46. The Balaban J connectivity index is -0.0000000141. The minimum atomic E-state index is -0.745. The second-order valence-corrected chi connectivity index (χ2v) is 3.17. The van der Waals surface area contributed by atoms with Crippen molar-refractivity contribution in [3.63, 3.8) is 0 Å². The third kappa shape index (κ3) is 38.6. The Morgan fingerprint density at radius 3 is 1.60 bits per heavy atom. The minimum absolute atomic E-state index is 0. The molecule has 3 atom stereocenters. The molecule has 0 fully saturated rings. The van der Waals surface area contributed by atoms with Gasteiger partial charge in [0, 0.05) is 405 Å². The van der Waals surface area contributed by atoms with Gasteiger partial charge in [0.1, 0.15) is 0 Å². The summed E-state index contributed by atoms with van der Waals surface area (Å²) < 4.78 is 0. The third-order valence-corrected chi connectivity index (χ3v) is 2.16. The summed E-state index contributed by atoms with van der Waals surface area (Å²) in [6.07, 6.45) is 7.65. The SMILES string of the molecule is [CH2-][C@H]1C=CC(=O)C1C(O)C=[C-]CC.[Y].[Y].[Y].[Y].[Y].[Y].[Y].[Y].[Y].[Y].[Y].[Y]. The number of aliphatic hydroxyl groups excluding tert-OH is 1. The monoisotopic (exact) mass is 1240 g/mol. The molecule has 0 bridgehead atoms. The summed E-state index contributed by atoms with van der Waals surface area (Å²) in [6.45, 7) is 5.71. The van der Waals surface area contributed by atoms with E-state index in [2.05, 4.69) is 13.0 Å². The summed E-state index contributed by atoms with van der Waals surface area (Å²) in [7, 11) is 0. The van der Waals surface area contributed by atoms with Gasteiger partial charge in [0.15, 0.2) is 5.78 Å². The van der Waals surface area contributed by atoms with Crippen molar-refractivity contribution in [3.8, 4) is 0 Å². The van der Waals surface area contributed by atoms with Crippen molar-refractivity contribution < 1.29 is 402 Å².